The summed E-state index contributed by atoms with van der Waals surface area (Å²) in [6.07, 6.45) is 1.87. The molecule has 8 heteroatoms. The van der Waals surface area contributed by atoms with E-state index in [9.17, 15) is 18.0 Å². The van der Waals surface area contributed by atoms with Gasteiger partial charge in [0.1, 0.15) is 6.54 Å². The molecule has 0 spiro atoms. The van der Waals surface area contributed by atoms with Crippen LogP contribution in [0, 0.1) is 0 Å². The van der Waals surface area contributed by atoms with Gasteiger partial charge in [0, 0.05) is 6.04 Å². The second-order valence-corrected chi connectivity index (χ2v) is 7.60. The molecule has 0 heterocycles. The van der Waals surface area contributed by atoms with Crippen LogP contribution in [0.25, 0.3) is 10.8 Å². The number of sulfonamides is 1. The second-order valence-electron chi connectivity index (χ2n) is 5.84. The van der Waals surface area contributed by atoms with Gasteiger partial charge in [0.05, 0.1) is 4.90 Å². The zero-order chi connectivity index (χ0) is 17.9. The maximum atomic E-state index is 12.3. The monoisotopic (exact) mass is 362 g/mol. The average Bonchev–Trinajstić information content (AvgIpc) is 3.41. The van der Waals surface area contributed by atoms with E-state index < -0.39 is 29.1 Å². The number of hydrogen-bond acceptors (Lipinski definition) is 5. The van der Waals surface area contributed by atoms with Gasteiger partial charge in [-0.3, -0.25) is 9.59 Å². The fraction of sp³-hybridized carbons (Fsp3) is 0.294. The lowest BCUT2D eigenvalue weighted by molar-refractivity contribution is -0.147. The minimum atomic E-state index is -3.85. The number of benzene rings is 2. The highest BCUT2D eigenvalue weighted by Crippen LogP contribution is 2.19. The molecule has 2 aromatic rings. The first-order valence-corrected chi connectivity index (χ1v) is 9.36. The number of esters is 1. The third-order valence-electron chi connectivity index (χ3n) is 3.74. The van der Waals surface area contributed by atoms with Gasteiger partial charge in [0.2, 0.25) is 10.0 Å². The van der Waals surface area contributed by atoms with Crippen molar-refractivity contribution in [2.24, 2.45) is 0 Å². The number of nitrogens with one attached hydrogen (secondary N) is 2. The molecule has 7 nitrogen and oxygen atoms in total. The summed E-state index contributed by atoms with van der Waals surface area (Å²) >= 11 is 0. The van der Waals surface area contributed by atoms with E-state index in [2.05, 4.69) is 10.0 Å². The summed E-state index contributed by atoms with van der Waals surface area (Å²) in [6.45, 7) is -0.946. The molecular formula is C17H18N2O5S. The number of carbonyl (C=O) groups excluding carboxylic acids is 2. The quantitative estimate of drug-likeness (QED) is 0.714. The maximum absolute atomic E-state index is 12.3. The van der Waals surface area contributed by atoms with Gasteiger partial charge in [-0.25, -0.2) is 8.42 Å². The number of carbonyl (C=O) groups is 2. The smallest absolute Gasteiger partial charge is 0.321 e. The normalized spacial score (nSPS) is 14.2. The summed E-state index contributed by atoms with van der Waals surface area (Å²) < 4.78 is 31.5. The number of hydrogen-bond donors (Lipinski definition) is 2. The molecule has 1 aliphatic carbocycles. The molecule has 2 aromatic carbocycles. The highest BCUT2D eigenvalue weighted by atomic mass is 32.2. The van der Waals surface area contributed by atoms with Crippen molar-refractivity contribution in [3.8, 4) is 0 Å². The molecule has 1 amide bonds. The van der Waals surface area contributed by atoms with Crippen LogP contribution in [-0.2, 0) is 24.3 Å². The summed E-state index contributed by atoms with van der Waals surface area (Å²) in [5.41, 5.74) is 0. The van der Waals surface area contributed by atoms with Crippen molar-refractivity contribution in [2.45, 2.75) is 23.8 Å². The van der Waals surface area contributed by atoms with Gasteiger partial charge in [-0.2, -0.15) is 4.72 Å². The Morgan fingerprint density at radius 2 is 1.80 bits per heavy atom. The molecule has 0 bridgehead atoms. The van der Waals surface area contributed by atoms with Crippen LogP contribution in [0.15, 0.2) is 47.4 Å². The maximum Gasteiger partial charge on any atom is 0.321 e. The van der Waals surface area contributed by atoms with E-state index in [1.54, 1.807) is 12.1 Å². The van der Waals surface area contributed by atoms with E-state index in [1.165, 1.54) is 12.1 Å². The predicted molar refractivity (Wildman–Crippen MR) is 91.3 cm³/mol. The Hall–Kier alpha value is -2.45. The van der Waals surface area contributed by atoms with Crippen molar-refractivity contribution in [1.82, 2.24) is 10.0 Å². The first kappa shape index (κ1) is 17.4. The lowest BCUT2D eigenvalue weighted by atomic mass is 10.1. The molecule has 0 unspecified atom stereocenters. The number of rotatable bonds is 7. The standard InChI is InChI=1S/C17H18N2O5S/c20-16(19-14-6-7-14)11-24-17(21)10-18-25(22,23)15-8-5-12-3-1-2-4-13(12)9-15/h1-5,8-9,14,18H,6-7,10-11H2,(H,19,20). The van der Waals surface area contributed by atoms with Crippen molar-refractivity contribution < 1.29 is 22.7 Å². The molecule has 1 saturated carbocycles. The summed E-state index contributed by atoms with van der Waals surface area (Å²) in [6, 6.07) is 12.2. The molecule has 0 atom stereocenters. The van der Waals surface area contributed by atoms with E-state index in [-0.39, 0.29) is 16.8 Å². The average molecular weight is 362 g/mol. The lowest BCUT2D eigenvalue weighted by Gasteiger charge is -2.08. The number of amides is 1. The first-order valence-electron chi connectivity index (χ1n) is 7.87. The topological polar surface area (TPSA) is 102 Å². The molecular weight excluding hydrogens is 344 g/mol. The summed E-state index contributed by atoms with van der Waals surface area (Å²) in [7, 11) is -3.85. The molecule has 25 heavy (non-hydrogen) atoms. The molecule has 0 aromatic heterocycles. The predicted octanol–water partition coefficient (Wildman–Crippen LogP) is 0.940. The van der Waals surface area contributed by atoms with Crippen LogP contribution in [-0.4, -0.2) is 39.5 Å². The summed E-state index contributed by atoms with van der Waals surface area (Å²) in [5.74, 6) is -1.19. The van der Waals surface area contributed by atoms with Gasteiger partial charge < -0.3 is 10.1 Å². The minimum Gasteiger partial charge on any atom is -0.455 e. The van der Waals surface area contributed by atoms with Crippen molar-refractivity contribution in [3.05, 3.63) is 42.5 Å². The second kappa shape index (κ2) is 7.20. The van der Waals surface area contributed by atoms with Gasteiger partial charge in [-0.15, -0.1) is 0 Å². The molecule has 0 radical (unpaired) electrons. The van der Waals surface area contributed by atoms with Crippen LogP contribution >= 0.6 is 0 Å². The molecule has 1 fully saturated rings. The van der Waals surface area contributed by atoms with Crippen LogP contribution in [0.1, 0.15) is 12.8 Å². The molecule has 132 valence electrons. The Labute approximate surface area is 145 Å². The zero-order valence-electron chi connectivity index (χ0n) is 13.4. The molecule has 0 saturated heterocycles. The Morgan fingerprint density at radius 3 is 2.52 bits per heavy atom. The third-order valence-corrected chi connectivity index (χ3v) is 5.14. The number of fused-ring (bicyclic) bond motifs is 1. The Balaban J connectivity index is 1.54. The van der Waals surface area contributed by atoms with Crippen molar-refractivity contribution in [3.63, 3.8) is 0 Å². The van der Waals surface area contributed by atoms with Crippen molar-refractivity contribution in [2.75, 3.05) is 13.2 Å². The van der Waals surface area contributed by atoms with Crippen LogP contribution in [0.4, 0.5) is 0 Å². The third kappa shape index (κ3) is 4.77. The van der Waals surface area contributed by atoms with E-state index >= 15 is 0 Å². The van der Waals surface area contributed by atoms with Crippen LogP contribution in [0.5, 0.6) is 0 Å². The van der Waals surface area contributed by atoms with Crippen molar-refractivity contribution >= 4 is 32.7 Å². The van der Waals surface area contributed by atoms with Gasteiger partial charge in [-0.1, -0.05) is 30.3 Å². The molecule has 2 N–H and O–H groups in total. The van der Waals surface area contributed by atoms with Gasteiger partial charge in [0.15, 0.2) is 6.61 Å². The van der Waals surface area contributed by atoms with E-state index in [1.807, 2.05) is 18.2 Å². The SMILES string of the molecule is O=C(COC(=O)CNS(=O)(=O)c1ccc2ccccc2c1)NC1CC1. The van der Waals surface area contributed by atoms with Gasteiger partial charge >= 0.3 is 5.97 Å². The fourth-order valence-corrected chi connectivity index (χ4v) is 3.27. The molecule has 1 aliphatic rings. The molecule has 3 rings (SSSR count). The van der Waals surface area contributed by atoms with Crippen LogP contribution in [0.3, 0.4) is 0 Å². The number of ether oxygens (including phenoxy) is 1. The highest BCUT2D eigenvalue weighted by Gasteiger charge is 2.23. The Bertz CT molecular complexity index is 906. The highest BCUT2D eigenvalue weighted by molar-refractivity contribution is 7.89. The van der Waals surface area contributed by atoms with E-state index in [0.717, 1.165) is 23.6 Å². The largest absolute Gasteiger partial charge is 0.455 e. The summed E-state index contributed by atoms with van der Waals surface area (Å²) in [5, 5.41) is 4.37. The lowest BCUT2D eigenvalue weighted by Crippen LogP contribution is -2.34. The zero-order valence-corrected chi connectivity index (χ0v) is 14.2. The van der Waals surface area contributed by atoms with E-state index in [0.29, 0.717) is 0 Å². The van der Waals surface area contributed by atoms with Crippen molar-refractivity contribution in [1.29, 1.82) is 0 Å². The Kier molecular flexibility index (Phi) is 5.00. The van der Waals surface area contributed by atoms with Gasteiger partial charge in [0.25, 0.3) is 5.91 Å². The fourth-order valence-electron chi connectivity index (χ4n) is 2.27. The minimum absolute atomic E-state index is 0.0606. The summed E-state index contributed by atoms with van der Waals surface area (Å²) in [4.78, 5) is 23.1. The van der Waals surface area contributed by atoms with E-state index in [4.69, 9.17) is 4.74 Å². The Morgan fingerprint density at radius 1 is 1.08 bits per heavy atom. The van der Waals surface area contributed by atoms with Gasteiger partial charge in [-0.05, 0) is 35.7 Å². The molecule has 0 aliphatic heterocycles. The van der Waals surface area contributed by atoms with Crippen LogP contribution in [0.2, 0.25) is 0 Å². The van der Waals surface area contributed by atoms with Crippen LogP contribution < -0.4 is 10.0 Å². The first-order chi connectivity index (χ1) is 11.9.